The second-order valence-corrected chi connectivity index (χ2v) is 10.8. The molecule has 0 fully saturated rings. The number of unbranched alkanes of at least 4 members (excludes halogenated alkanes) is 2. The van der Waals surface area contributed by atoms with E-state index < -0.39 is 0 Å². The molecule has 0 aliphatic carbocycles. The first kappa shape index (κ1) is 42.3. The van der Waals surface area contributed by atoms with Gasteiger partial charge in [-0.1, -0.05) is 166 Å². The van der Waals surface area contributed by atoms with Crippen LogP contribution in [0.5, 0.6) is 0 Å². The largest absolute Gasteiger partial charge is 0.465 e. The number of rotatable bonds is 29. The van der Waals surface area contributed by atoms with E-state index in [1.165, 1.54) is 12.8 Å². The van der Waals surface area contributed by atoms with E-state index in [4.69, 9.17) is 4.74 Å². The van der Waals surface area contributed by atoms with Crippen LogP contribution < -0.4 is 0 Å². The monoisotopic (exact) mass is 624 g/mol. The zero-order valence-corrected chi connectivity index (χ0v) is 29.2. The minimum atomic E-state index is -0.154. The highest BCUT2D eigenvalue weighted by molar-refractivity contribution is 5.71. The van der Waals surface area contributed by atoms with E-state index in [0.717, 1.165) is 83.5 Å². The second kappa shape index (κ2) is 39.4. The van der Waals surface area contributed by atoms with Crippen LogP contribution in [0, 0.1) is 0 Å². The van der Waals surface area contributed by atoms with Crippen LogP contribution in [-0.4, -0.2) is 12.6 Å². The van der Waals surface area contributed by atoms with Gasteiger partial charge in [0.2, 0.25) is 0 Å². The normalized spacial score (nSPS) is 13.5. The van der Waals surface area contributed by atoms with Gasteiger partial charge in [-0.05, 0) is 89.9 Å². The first-order valence-electron chi connectivity index (χ1n) is 17.8. The lowest BCUT2D eigenvalue weighted by molar-refractivity contribution is -0.142. The van der Waals surface area contributed by atoms with Gasteiger partial charge < -0.3 is 4.74 Å². The summed E-state index contributed by atoms with van der Waals surface area (Å²) in [6.07, 6.45) is 67.8. The van der Waals surface area contributed by atoms with E-state index in [-0.39, 0.29) is 5.97 Å². The maximum atomic E-state index is 11.9. The fraction of sp³-hybridized carbons (Fsp3) is 0.432. The van der Waals surface area contributed by atoms with Crippen LogP contribution in [0.15, 0.2) is 146 Å². The molecule has 0 N–H and O–H groups in total. The highest BCUT2D eigenvalue weighted by Crippen LogP contribution is 2.01. The van der Waals surface area contributed by atoms with Crippen molar-refractivity contribution in [2.24, 2.45) is 0 Å². The Labute approximate surface area is 283 Å². The molecular formula is C44H64O2. The minimum Gasteiger partial charge on any atom is -0.465 e. The Morgan fingerprint density at radius 3 is 1.04 bits per heavy atom. The topological polar surface area (TPSA) is 26.3 Å². The number of hydrogen-bond donors (Lipinski definition) is 0. The van der Waals surface area contributed by atoms with Crippen molar-refractivity contribution in [3.63, 3.8) is 0 Å². The maximum absolute atomic E-state index is 11.9. The molecule has 0 aromatic rings. The summed E-state index contributed by atoms with van der Waals surface area (Å²) in [7, 11) is 0. The van der Waals surface area contributed by atoms with E-state index in [9.17, 15) is 4.79 Å². The third kappa shape index (κ3) is 38.4. The van der Waals surface area contributed by atoms with E-state index in [1.54, 1.807) is 0 Å². The number of allylic oxidation sites excluding steroid dienone is 23. The van der Waals surface area contributed by atoms with Crippen LogP contribution in [0.2, 0.25) is 0 Å². The van der Waals surface area contributed by atoms with E-state index in [1.807, 2.05) is 12.2 Å². The lowest BCUT2D eigenvalue weighted by atomic mass is 10.2. The molecule has 0 unspecified atom stereocenters. The van der Waals surface area contributed by atoms with E-state index in [2.05, 4.69) is 148 Å². The fourth-order valence-corrected chi connectivity index (χ4v) is 3.90. The minimum absolute atomic E-state index is 0.154. The number of ether oxygens (including phenoxy) is 1. The number of carbonyl (C=O) groups excluding carboxylic acids is 1. The Bertz CT molecular complexity index is 1030. The molecule has 252 valence electrons. The Hall–Kier alpha value is -3.65. The summed E-state index contributed by atoms with van der Waals surface area (Å²) in [5.74, 6) is -0.154. The summed E-state index contributed by atoms with van der Waals surface area (Å²) >= 11 is 0. The van der Waals surface area contributed by atoms with Crippen molar-refractivity contribution < 1.29 is 9.53 Å². The second-order valence-electron chi connectivity index (χ2n) is 10.8. The fourth-order valence-electron chi connectivity index (χ4n) is 3.90. The molecule has 0 radical (unpaired) electrons. The SMILES string of the molecule is CCC=CCC=CCC=CCC=CCC=CCC=CCCCOC(=O)CC=CCC=CCC=CCC=CCC=CCC=CCCC. The average molecular weight is 625 g/mol. The highest BCUT2D eigenvalue weighted by Gasteiger charge is 1.97. The van der Waals surface area contributed by atoms with Gasteiger partial charge >= 0.3 is 5.97 Å². The van der Waals surface area contributed by atoms with Crippen molar-refractivity contribution in [3.8, 4) is 0 Å². The van der Waals surface area contributed by atoms with Gasteiger partial charge in [-0.25, -0.2) is 0 Å². The smallest absolute Gasteiger partial charge is 0.309 e. The van der Waals surface area contributed by atoms with Gasteiger partial charge in [0.15, 0.2) is 0 Å². The molecule has 0 atom stereocenters. The van der Waals surface area contributed by atoms with Gasteiger partial charge in [0.25, 0.3) is 0 Å². The van der Waals surface area contributed by atoms with Gasteiger partial charge in [0, 0.05) is 0 Å². The first-order chi connectivity index (χ1) is 22.8. The lowest BCUT2D eigenvalue weighted by Gasteiger charge is -2.00. The van der Waals surface area contributed by atoms with Gasteiger partial charge in [0.1, 0.15) is 0 Å². The molecule has 2 nitrogen and oxygen atoms in total. The van der Waals surface area contributed by atoms with Crippen LogP contribution in [-0.2, 0) is 9.53 Å². The summed E-state index contributed by atoms with van der Waals surface area (Å²) in [5.41, 5.74) is 0. The molecule has 0 spiro atoms. The van der Waals surface area contributed by atoms with E-state index in [0.29, 0.717) is 13.0 Å². The van der Waals surface area contributed by atoms with Crippen molar-refractivity contribution in [1.29, 1.82) is 0 Å². The summed E-state index contributed by atoms with van der Waals surface area (Å²) in [6.45, 7) is 4.84. The van der Waals surface area contributed by atoms with Crippen LogP contribution in [0.25, 0.3) is 0 Å². The van der Waals surface area contributed by atoms with Gasteiger partial charge in [0.05, 0.1) is 13.0 Å². The zero-order chi connectivity index (χ0) is 33.3. The Morgan fingerprint density at radius 2 is 0.696 bits per heavy atom. The highest BCUT2D eigenvalue weighted by atomic mass is 16.5. The van der Waals surface area contributed by atoms with Gasteiger partial charge in [-0.3, -0.25) is 4.79 Å². The number of carbonyl (C=O) groups is 1. The molecule has 0 aromatic heterocycles. The molecule has 0 amide bonds. The number of esters is 1. The molecule has 0 saturated carbocycles. The first-order valence-corrected chi connectivity index (χ1v) is 17.8. The molecule has 0 aromatic carbocycles. The maximum Gasteiger partial charge on any atom is 0.309 e. The summed E-state index contributed by atoms with van der Waals surface area (Å²) in [5, 5.41) is 0. The van der Waals surface area contributed by atoms with Gasteiger partial charge in [-0.15, -0.1) is 0 Å². The van der Waals surface area contributed by atoms with Crippen molar-refractivity contribution >= 4 is 5.97 Å². The average Bonchev–Trinajstić information content (AvgIpc) is 3.06. The Morgan fingerprint density at radius 1 is 0.391 bits per heavy atom. The summed E-state index contributed by atoms with van der Waals surface area (Å²) in [4.78, 5) is 11.9. The molecule has 0 aliphatic heterocycles. The van der Waals surface area contributed by atoms with Crippen LogP contribution in [0.3, 0.4) is 0 Å². The van der Waals surface area contributed by atoms with E-state index >= 15 is 0 Å². The lowest BCUT2D eigenvalue weighted by Crippen LogP contribution is -2.03. The molecular weight excluding hydrogens is 560 g/mol. The van der Waals surface area contributed by atoms with Crippen molar-refractivity contribution in [3.05, 3.63) is 146 Å². The molecule has 0 saturated heterocycles. The van der Waals surface area contributed by atoms with Crippen molar-refractivity contribution in [2.75, 3.05) is 6.61 Å². The third-order valence-corrected chi connectivity index (χ3v) is 6.48. The Kier molecular flexibility index (Phi) is 36.2. The predicted molar refractivity (Wildman–Crippen MR) is 206 cm³/mol. The zero-order valence-electron chi connectivity index (χ0n) is 29.2. The van der Waals surface area contributed by atoms with Crippen LogP contribution in [0.4, 0.5) is 0 Å². The third-order valence-electron chi connectivity index (χ3n) is 6.48. The van der Waals surface area contributed by atoms with Crippen LogP contribution >= 0.6 is 0 Å². The standard InChI is InChI=1S/C44H64O2/c1-3-5-7-9-11-13-15-17-19-21-23-25-27-29-31-33-35-37-39-41-43-46-44(45)42-40-38-36-34-32-30-28-26-24-22-20-18-16-14-12-10-8-6-4-2/h5,7-8,10-11,13-14,16-17,19-20,22-23,25-26,28-29,31-32,34-35,37-38,40H,3-4,6,9,12,15,18,21,24,27,30,33,36,39,41-43H2,1-2H3. The number of hydrogen-bond acceptors (Lipinski definition) is 2. The van der Waals surface area contributed by atoms with Gasteiger partial charge in [-0.2, -0.15) is 0 Å². The molecule has 0 aliphatic rings. The summed E-state index contributed by atoms with van der Waals surface area (Å²) in [6, 6.07) is 0. The predicted octanol–water partition coefficient (Wildman–Crippen LogP) is 13.5. The molecule has 0 bridgehead atoms. The molecule has 0 heterocycles. The Balaban J connectivity index is 3.63. The molecule has 0 rings (SSSR count). The quantitative estimate of drug-likeness (QED) is 0.0470. The summed E-state index contributed by atoms with van der Waals surface area (Å²) < 4.78 is 5.32. The molecule has 2 heteroatoms. The van der Waals surface area contributed by atoms with Crippen LogP contribution in [0.1, 0.15) is 117 Å². The van der Waals surface area contributed by atoms with Crippen molar-refractivity contribution in [2.45, 2.75) is 117 Å². The molecule has 46 heavy (non-hydrogen) atoms. The van der Waals surface area contributed by atoms with Crippen molar-refractivity contribution in [1.82, 2.24) is 0 Å².